The van der Waals surface area contributed by atoms with Gasteiger partial charge in [-0.15, -0.1) is 13.2 Å². The molecule has 0 aliphatic heterocycles. The van der Waals surface area contributed by atoms with Crippen LogP contribution in [0.5, 0.6) is 5.75 Å². The number of nitrogens with zero attached hydrogens (tertiary/aromatic N) is 3. The summed E-state index contributed by atoms with van der Waals surface area (Å²) in [6, 6.07) is 8.90. The van der Waals surface area contributed by atoms with Crippen molar-refractivity contribution in [3.8, 4) is 5.75 Å². The van der Waals surface area contributed by atoms with Gasteiger partial charge in [0.15, 0.2) is 17.2 Å². The molecule has 0 aliphatic rings. The van der Waals surface area contributed by atoms with Crippen LogP contribution < -0.4 is 15.7 Å². The van der Waals surface area contributed by atoms with Gasteiger partial charge in [-0.1, -0.05) is 12.1 Å². The highest BCUT2D eigenvalue weighted by atomic mass is 19.4. The number of H-pyrrole nitrogens is 1. The van der Waals surface area contributed by atoms with Gasteiger partial charge >= 0.3 is 12.1 Å². The predicted molar refractivity (Wildman–Crippen MR) is 92.4 cm³/mol. The topological polar surface area (TPSA) is 98.0 Å². The summed E-state index contributed by atoms with van der Waals surface area (Å²) >= 11 is 0. The number of nitrogens with one attached hydrogen (secondary N) is 2. The Kier molecular flexibility index (Phi) is 4.26. The van der Waals surface area contributed by atoms with E-state index in [0.717, 1.165) is 0 Å². The van der Waals surface area contributed by atoms with Crippen LogP contribution in [0.25, 0.3) is 11.2 Å². The van der Waals surface area contributed by atoms with Gasteiger partial charge in [-0.2, -0.15) is 0 Å². The summed E-state index contributed by atoms with van der Waals surface area (Å²) in [5.41, 5.74) is 0.0724. The van der Waals surface area contributed by atoms with E-state index in [9.17, 15) is 18.0 Å². The van der Waals surface area contributed by atoms with Crippen molar-refractivity contribution in [2.24, 2.45) is 0 Å². The first kappa shape index (κ1) is 17.6. The second-order valence-corrected chi connectivity index (χ2v) is 5.69. The molecule has 0 radical (unpaired) electrons. The number of hydrogen-bond acceptors (Lipinski definition) is 6. The van der Waals surface area contributed by atoms with Crippen molar-refractivity contribution in [3.05, 3.63) is 65.2 Å². The van der Waals surface area contributed by atoms with E-state index in [4.69, 9.17) is 4.42 Å². The first-order valence-electron chi connectivity index (χ1n) is 7.98. The van der Waals surface area contributed by atoms with Gasteiger partial charge in [-0.3, -0.25) is 4.57 Å². The fourth-order valence-electron chi connectivity index (χ4n) is 2.68. The monoisotopic (exact) mass is 391 g/mol. The molecule has 2 N–H and O–H groups in total. The van der Waals surface area contributed by atoms with Crippen molar-refractivity contribution in [1.82, 2.24) is 19.5 Å². The van der Waals surface area contributed by atoms with E-state index < -0.39 is 17.8 Å². The van der Waals surface area contributed by atoms with Crippen molar-refractivity contribution in [2.75, 3.05) is 5.32 Å². The zero-order valence-corrected chi connectivity index (χ0v) is 14.0. The number of imidazole rings is 1. The van der Waals surface area contributed by atoms with E-state index in [-0.39, 0.29) is 29.2 Å². The molecule has 4 rings (SSSR count). The van der Waals surface area contributed by atoms with Crippen molar-refractivity contribution in [1.29, 1.82) is 0 Å². The molecule has 0 fully saturated rings. The number of fused-ring (bicyclic) bond motifs is 1. The fourth-order valence-corrected chi connectivity index (χ4v) is 2.68. The first-order chi connectivity index (χ1) is 13.4. The Labute approximate surface area is 154 Å². The lowest BCUT2D eigenvalue weighted by Gasteiger charge is -2.14. The van der Waals surface area contributed by atoms with Crippen molar-refractivity contribution in [2.45, 2.75) is 12.9 Å². The number of halogens is 3. The molecule has 0 atom stereocenters. The quantitative estimate of drug-likeness (QED) is 0.541. The second kappa shape index (κ2) is 6.76. The number of rotatable bonds is 5. The minimum atomic E-state index is -4.85. The number of para-hydroxylation sites is 2. The summed E-state index contributed by atoms with van der Waals surface area (Å²) in [5, 5.41) is 2.75. The molecule has 0 bridgehead atoms. The van der Waals surface area contributed by atoms with Crippen LogP contribution in [0.1, 0.15) is 5.76 Å². The Morgan fingerprint density at radius 3 is 2.75 bits per heavy atom. The number of ether oxygens (including phenoxy) is 1. The third-order valence-electron chi connectivity index (χ3n) is 3.82. The molecular weight excluding hydrogens is 379 g/mol. The number of aromatic amines is 1. The van der Waals surface area contributed by atoms with Gasteiger partial charge in [0.2, 0.25) is 0 Å². The Bertz CT molecular complexity index is 1160. The molecule has 0 spiro atoms. The van der Waals surface area contributed by atoms with Gasteiger partial charge in [0.1, 0.15) is 17.6 Å². The zero-order chi connectivity index (χ0) is 19.7. The SMILES string of the molecule is O=c1[nH]c2c(Nc3ccccc3OC(F)(F)F)ncnc2n1Cc1ccco1. The summed E-state index contributed by atoms with van der Waals surface area (Å²) < 4.78 is 48.4. The highest BCUT2D eigenvalue weighted by Gasteiger charge is 2.32. The molecule has 0 saturated heterocycles. The lowest BCUT2D eigenvalue weighted by atomic mass is 10.3. The van der Waals surface area contributed by atoms with Crippen LogP contribution in [-0.4, -0.2) is 25.9 Å². The van der Waals surface area contributed by atoms with Crippen molar-refractivity contribution >= 4 is 22.7 Å². The molecule has 0 unspecified atom stereocenters. The lowest BCUT2D eigenvalue weighted by molar-refractivity contribution is -0.274. The number of aromatic nitrogens is 4. The number of hydrogen-bond donors (Lipinski definition) is 2. The minimum absolute atomic E-state index is 0.0273. The van der Waals surface area contributed by atoms with E-state index in [2.05, 4.69) is 25.0 Å². The van der Waals surface area contributed by atoms with E-state index in [0.29, 0.717) is 5.76 Å². The smallest absolute Gasteiger partial charge is 0.467 e. The van der Waals surface area contributed by atoms with Crippen LogP contribution in [-0.2, 0) is 6.54 Å². The van der Waals surface area contributed by atoms with Gasteiger partial charge in [0, 0.05) is 0 Å². The standard InChI is InChI=1S/C17H12F3N5O3/c18-17(19,20)28-12-6-2-1-5-11(12)23-14-13-15(22-9-21-14)25(16(26)24-13)8-10-4-3-7-27-10/h1-7,9H,8H2,(H,24,26)(H,21,22,23). The molecule has 0 amide bonds. The van der Waals surface area contributed by atoms with E-state index >= 15 is 0 Å². The average Bonchev–Trinajstić information content (AvgIpc) is 3.25. The summed E-state index contributed by atoms with van der Waals surface area (Å²) in [6.07, 6.45) is -2.17. The van der Waals surface area contributed by atoms with Crippen LogP contribution in [0.2, 0.25) is 0 Å². The van der Waals surface area contributed by atoms with Crippen LogP contribution in [0.4, 0.5) is 24.7 Å². The molecule has 3 heterocycles. The fraction of sp³-hybridized carbons (Fsp3) is 0.118. The third-order valence-corrected chi connectivity index (χ3v) is 3.82. The van der Waals surface area contributed by atoms with E-state index in [1.54, 1.807) is 12.1 Å². The van der Waals surface area contributed by atoms with Crippen LogP contribution >= 0.6 is 0 Å². The molecule has 28 heavy (non-hydrogen) atoms. The maximum atomic E-state index is 12.6. The molecule has 11 heteroatoms. The van der Waals surface area contributed by atoms with E-state index in [1.165, 1.54) is 41.4 Å². The average molecular weight is 391 g/mol. The summed E-state index contributed by atoms with van der Waals surface area (Å²) in [7, 11) is 0. The molecule has 8 nitrogen and oxygen atoms in total. The van der Waals surface area contributed by atoms with Gasteiger partial charge in [-0.25, -0.2) is 14.8 Å². The zero-order valence-electron chi connectivity index (χ0n) is 14.0. The van der Waals surface area contributed by atoms with Crippen molar-refractivity contribution < 1.29 is 22.3 Å². The Balaban J connectivity index is 1.72. The molecular formula is C17H12F3N5O3. The third kappa shape index (κ3) is 3.54. The number of benzene rings is 1. The molecule has 0 saturated carbocycles. The molecule has 144 valence electrons. The van der Waals surface area contributed by atoms with Crippen LogP contribution in [0, 0.1) is 0 Å². The predicted octanol–water partition coefficient (Wildman–Crippen LogP) is 3.40. The number of anilines is 2. The maximum absolute atomic E-state index is 12.6. The highest BCUT2D eigenvalue weighted by molar-refractivity contribution is 5.85. The molecule has 4 aromatic rings. The highest BCUT2D eigenvalue weighted by Crippen LogP contribution is 2.32. The van der Waals surface area contributed by atoms with E-state index in [1.807, 2.05) is 0 Å². The largest absolute Gasteiger partial charge is 0.573 e. The molecule has 3 aromatic heterocycles. The second-order valence-electron chi connectivity index (χ2n) is 5.69. The minimum Gasteiger partial charge on any atom is -0.467 e. The summed E-state index contributed by atoms with van der Waals surface area (Å²) in [6.45, 7) is 0.135. The number of furan rings is 1. The van der Waals surface area contributed by atoms with Crippen LogP contribution in [0.3, 0.4) is 0 Å². The summed E-state index contributed by atoms with van der Waals surface area (Å²) in [4.78, 5) is 23.1. The Morgan fingerprint density at radius 1 is 1.18 bits per heavy atom. The van der Waals surface area contributed by atoms with Crippen LogP contribution in [0.15, 0.2) is 58.2 Å². The Hall–Kier alpha value is -3.76. The normalized spacial score (nSPS) is 11.7. The number of alkyl halides is 3. The van der Waals surface area contributed by atoms with Crippen molar-refractivity contribution in [3.63, 3.8) is 0 Å². The lowest BCUT2D eigenvalue weighted by Crippen LogP contribution is -2.18. The summed E-state index contributed by atoms with van der Waals surface area (Å²) in [5.74, 6) is 0.234. The first-order valence-corrected chi connectivity index (χ1v) is 7.98. The van der Waals surface area contributed by atoms with Gasteiger partial charge in [-0.05, 0) is 24.3 Å². The Morgan fingerprint density at radius 2 is 2.00 bits per heavy atom. The van der Waals surface area contributed by atoms with Gasteiger partial charge < -0.3 is 19.5 Å². The maximum Gasteiger partial charge on any atom is 0.573 e. The van der Waals surface area contributed by atoms with Gasteiger partial charge in [0.25, 0.3) is 0 Å². The molecule has 0 aliphatic carbocycles. The molecule has 1 aromatic carbocycles. The van der Waals surface area contributed by atoms with Gasteiger partial charge in [0.05, 0.1) is 18.5 Å².